The molecular weight excluding hydrogens is 399 g/mol. The molecule has 0 spiro atoms. The van der Waals surface area contributed by atoms with Gasteiger partial charge in [-0.2, -0.15) is 4.39 Å². The van der Waals surface area contributed by atoms with Crippen LogP contribution in [-0.2, 0) is 4.79 Å². The highest BCUT2D eigenvalue weighted by Gasteiger charge is 2.62. The molecule has 4 rings (SSSR count). The first-order chi connectivity index (χ1) is 14.9. The van der Waals surface area contributed by atoms with Crippen molar-refractivity contribution in [2.75, 3.05) is 19.0 Å². The van der Waals surface area contributed by atoms with Crippen molar-refractivity contribution >= 4 is 11.6 Å². The zero-order valence-electron chi connectivity index (χ0n) is 17.8. The molecule has 1 saturated carbocycles. The standard InChI is InChI=1S/C23H25FN4O3/c1-14-20(12-25-15(2)27-14)31-13-23(16-7-5-4-6-8-16)10-18(23)22(29)28-17-9-19(30-3)21(24)26-11-17/h4-7,9,11-12,16,18H,8,10,13H2,1-3H3,(H,28,29)/t16?,18-,23+/m0/s1. The van der Waals surface area contributed by atoms with Crippen LogP contribution in [0.1, 0.15) is 24.4 Å². The molecule has 1 fully saturated rings. The molecule has 3 atom stereocenters. The van der Waals surface area contributed by atoms with Crippen LogP contribution in [-0.4, -0.2) is 34.6 Å². The lowest BCUT2D eigenvalue weighted by Gasteiger charge is -2.26. The summed E-state index contributed by atoms with van der Waals surface area (Å²) in [5.74, 6) is 0.379. The molecular formula is C23H25FN4O3. The molecule has 0 saturated heterocycles. The maximum absolute atomic E-state index is 13.6. The Hall–Kier alpha value is -3.29. The van der Waals surface area contributed by atoms with Gasteiger partial charge in [0.1, 0.15) is 5.82 Å². The summed E-state index contributed by atoms with van der Waals surface area (Å²) in [5, 5.41) is 2.85. The van der Waals surface area contributed by atoms with Gasteiger partial charge in [-0.15, -0.1) is 0 Å². The van der Waals surface area contributed by atoms with E-state index in [-0.39, 0.29) is 28.9 Å². The summed E-state index contributed by atoms with van der Waals surface area (Å²) in [5.41, 5.74) is 0.833. The second kappa shape index (κ2) is 8.45. The second-order valence-electron chi connectivity index (χ2n) is 8.01. The first-order valence-corrected chi connectivity index (χ1v) is 10.2. The number of methoxy groups -OCH3 is 1. The Kier molecular flexibility index (Phi) is 5.71. The molecule has 2 aromatic rings. The van der Waals surface area contributed by atoms with Crippen LogP contribution in [0.5, 0.6) is 11.5 Å². The average Bonchev–Trinajstić information content (AvgIpc) is 3.51. The predicted molar refractivity (Wildman–Crippen MR) is 113 cm³/mol. The number of hydrogen-bond donors (Lipinski definition) is 1. The number of carbonyl (C=O) groups is 1. The molecule has 2 aliphatic rings. The molecule has 162 valence electrons. The van der Waals surface area contributed by atoms with Crippen LogP contribution in [0.15, 0.2) is 42.8 Å². The fraction of sp³-hybridized carbons (Fsp3) is 0.391. The number of carbonyl (C=O) groups excluding carboxylic acids is 1. The van der Waals surface area contributed by atoms with E-state index in [2.05, 4.69) is 32.4 Å². The molecule has 2 aliphatic carbocycles. The monoisotopic (exact) mass is 424 g/mol. The first kappa shape index (κ1) is 21.0. The Morgan fingerprint density at radius 1 is 1.26 bits per heavy atom. The molecule has 8 heteroatoms. The highest BCUT2D eigenvalue weighted by molar-refractivity contribution is 5.95. The Balaban J connectivity index is 1.51. The minimum atomic E-state index is -0.718. The van der Waals surface area contributed by atoms with Crippen molar-refractivity contribution in [2.45, 2.75) is 26.7 Å². The summed E-state index contributed by atoms with van der Waals surface area (Å²) in [7, 11) is 1.36. The van der Waals surface area contributed by atoms with Crippen LogP contribution in [0.4, 0.5) is 10.1 Å². The van der Waals surface area contributed by atoms with Crippen molar-refractivity contribution in [3.8, 4) is 11.5 Å². The fourth-order valence-electron chi connectivity index (χ4n) is 4.15. The number of pyridine rings is 1. The van der Waals surface area contributed by atoms with E-state index in [0.717, 1.165) is 12.1 Å². The van der Waals surface area contributed by atoms with E-state index in [1.807, 2.05) is 26.0 Å². The van der Waals surface area contributed by atoms with Gasteiger partial charge in [-0.25, -0.2) is 15.0 Å². The van der Waals surface area contributed by atoms with Crippen LogP contribution in [0, 0.1) is 37.0 Å². The van der Waals surface area contributed by atoms with Crippen molar-refractivity contribution in [1.29, 1.82) is 0 Å². The third kappa shape index (κ3) is 4.28. The number of aryl methyl sites for hydroxylation is 2. The largest absolute Gasteiger partial charge is 0.492 e. The molecule has 0 aliphatic heterocycles. The van der Waals surface area contributed by atoms with Crippen molar-refractivity contribution < 1.29 is 18.7 Å². The number of halogens is 1. The lowest BCUT2D eigenvalue weighted by molar-refractivity contribution is -0.118. The van der Waals surface area contributed by atoms with Crippen molar-refractivity contribution in [3.05, 3.63) is 60.2 Å². The van der Waals surface area contributed by atoms with E-state index in [0.29, 0.717) is 30.3 Å². The fourth-order valence-corrected chi connectivity index (χ4v) is 4.15. The maximum atomic E-state index is 13.6. The third-order valence-corrected chi connectivity index (χ3v) is 6.00. The highest BCUT2D eigenvalue weighted by Crippen LogP contribution is 2.60. The van der Waals surface area contributed by atoms with Gasteiger partial charge in [0.2, 0.25) is 5.91 Å². The lowest BCUT2D eigenvalue weighted by Crippen LogP contribution is -2.29. The van der Waals surface area contributed by atoms with Gasteiger partial charge < -0.3 is 14.8 Å². The number of aromatic nitrogens is 3. The zero-order valence-corrected chi connectivity index (χ0v) is 17.8. The molecule has 2 aromatic heterocycles. The summed E-state index contributed by atoms with van der Waals surface area (Å²) in [4.78, 5) is 25.2. The van der Waals surface area contributed by atoms with E-state index in [4.69, 9.17) is 9.47 Å². The van der Waals surface area contributed by atoms with Gasteiger partial charge in [-0.1, -0.05) is 24.3 Å². The quantitative estimate of drug-likeness (QED) is 0.681. The van der Waals surface area contributed by atoms with Gasteiger partial charge >= 0.3 is 0 Å². The Morgan fingerprint density at radius 2 is 2.10 bits per heavy atom. The minimum absolute atomic E-state index is 0.0154. The number of nitrogens with one attached hydrogen (secondary N) is 1. The van der Waals surface area contributed by atoms with Crippen molar-refractivity contribution in [3.63, 3.8) is 0 Å². The molecule has 1 N–H and O–H groups in total. The van der Waals surface area contributed by atoms with E-state index in [1.54, 1.807) is 6.20 Å². The normalized spacial score (nSPS) is 24.0. The molecule has 0 radical (unpaired) electrons. The summed E-state index contributed by atoms with van der Waals surface area (Å²) in [6.45, 7) is 4.09. The van der Waals surface area contributed by atoms with E-state index < -0.39 is 5.95 Å². The molecule has 0 aromatic carbocycles. The summed E-state index contributed by atoms with van der Waals surface area (Å²) >= 11 is 0. The van der Waals surface area contributed by atoms with E-state index in [9.17, 15) is 9.18 Å². The minimum Gasteiger partial charge on any atom is -0.492 e. The summed E-state index contributed by atoms with van der Waals surface area (Å²) in [6.07, 6.45) is 12.8. The first-order valence-electron chi connectivity index (χ1n) is 10.2. The molecule has 31 heavy (non-hydrogen) atoms. The Morgan fingerprint density at radius 3 is 2.81 bits per heavy atom. The van der Waals surface area contributed by atoms with Crippen LogP contribution in [0.3, 0.4) is 0 Å². The predicted octanol–water partition coefficient (Wildman–Crippen LogP) is 3.79. The van der Waals surface area contributed by atoms with E-state index >= 15 is 0 Å². The van der Waals surface area contributed by atoms with Crippen molar-refractivity contribution in [1.82, 2.24) is 15.0 Å². The average molecular weight is 424 g/mol. The summed E-state index contributed by atoms with van der Waals surface area (Å²) < 4.78 is 24.6. The number of rotatable bonds is 7. The van der Waals surface area contributed by atoms with E-state index in [1.165, 1.54) is 19.4 Å². The summed E-state index contributed by atoms with van der Waals surface area (Å²) in [6, 6.07) is 1.43. The number of amides is 1. The van der Waals surface area contributed by atoms with Crippen LogP contribution >= 0.6 is 0 Å². The van der Waals surface area contributed by atoms with Gasteiger partial charge in [0.15, 0.2) is 11.5 Å². The van der Waals surface area contributed by atoms with Gasteiger partial charge in [0.05, 0.1) is 37.5 Å². The third-order valence-electron chi connectivity index (χ3n) is 6.00. The molecule has 7 nitrogen and oxygen atoms in total. The second-order valence-corrected chi connectivity index (χ2v) is 8.01. The smallest absolute Gasteiger partial charge is 0.255 e. The maximum Gasteiger partial charge on any atom is 0.255 e. The number of nitrogens with zero attached hydrogens (tertiary/aromatic N) is 3. The number of anilines is 1. The van der Waals surface area contributed by atoms with Gasteiger partial charge in [0.25, 0.3) is 5.95 Å². The lowest BCUT2D eigenvalue weighted by atomic mass is 9.82. The van der Waals surface area contributed by atoms with Crippen molar-refractivity contribution in [2.24, 2.45) is 17.3 Å². The van der Waals surface area contributed by atoms with Crippen LogP contribution in [0.25, 0.3) is 0 Å². The van der Waals surface area contributed by atoms with Crippen LogP contribution in [0.2, 0.25) is 0 Å². The SMILES string of the molecule is COc1cc(NC(=O)[C@@H]2C[C@@]2(COc2cnc(C)nc2C)C2C=CC=CC2)cnc1F. The molecule has 1 amide bonds. The number of allylic oxidation sites excluding steroid dienone is 4. The van der Waals surface area contributed by atoms with Gasteiger partial charge in [-0.05, 0) is 32.6 Å². The zero-order chi connectivity index (χ0) is 22.0. The van der Waals surface area contributed by atoms with Gasteiger partial charge in [0, 0.05) is 17.4 Å². The molecule has 2 heterocycles. The Labute approximate surface area is 180 Å². The molecule has 1 unspecified atom stereocenters. The molecule has 0 bridgehead atoms. The van der Waals surface area contributed by atoms with Gasteiger partial charge in [-0.3, -0.25) is 4.79 Å². The topological polar surface area (TPSA) is 86.2 Å². The number of ether oxygens (including phenoxy) is 2. The highest BCUT2D eigenvalue weighted by atomic mass is 19.1. The van der Waals surface area contributed by atoms with Crippen LogP contribution < -0.4 is 14.8 Å². The number of hydrogen-bond acceptors (Lipinski definition) is 6. The Bertz CT molecular complexity index is 1060.